The molecule has 0 atom stereocenters. The first-order chi connectivity index (χ1) is 6.91. The van der Waals surface area contributed by atoms with Crippen LogP contribution < -0.4 is 0 Å². The Labute approximate surface area is 83.8 Å². The van der Waals surface area contributed by atoms with E-state index in [9.17, 15) is 13.2 Å². The second-order valence-corrected chi connectivity index (χ2v) is 2.31. The second-order valence-electron chi connectivity index (χ2n) is 2.31. The van der Waals surface area contributed by atoms with E-state index in [1.807, 2.05) is 0 Å². The monoisotopic (exact) mass is 222 g/mol. The van der Waals surface area contributed by atoms with E-state index in [0.29, 0.717) is 12.7 Å². The Bertz CT molecular complexity index is 340. The Kier molecular flexibility index (Phi) is 5.33. The fourth-order valence-electron chi connectivity index (χ4n) is 0.557. The number of aryl methyl sites for hydroxylation is 1. The molecule has 0 saturated carbocycles. The average molecular weight is 222 g/mol. The summed E-state index contributed by atoms with van der Waals surface area (Å²) in [6, 6.07) is 0. The maximum atomic E-state index is 11.7. The predicted molar refractivity (Wildman–Crippen MR) is 44.9 cm³/mol. The summed E-state index contributed by atoms with van der Waals surface area (Å²) in [4.78, 5) is 15.6. The molecule has 0 aliphatic heterocycles. The van der Waals surface area contributed by atoms with Crippen molar-refractivity contribution in [2.24, 2.45) is 4.99 Å². The third-order valence-electron chi connectivity index (χ3n) is 1.12. The van der Waals surface area contributed by atoms with Crippen LogP contribution in [0.15, 0.2) is 15.6 Å². The summed E-state index contributed by atoms with van der Waals surface area (Å²) >= 11 is 0. The van der Waals surface area contributed by atoms with Crippen LogP contribution >= 0.6 is 0 Å². The molecule has 0 bridgehead atoms. The van der Waals surface area contributed by atoms with Crippen LogP contribution in [0.25, 0.3) is 0 Å². The van der Waals surface area contributed by atoms with Crippen LogP contribution in [-0.2, 0) is 11.0 Å². The van der Waals surface area contributed by atoms with Crippen molar-refractivity contribution in [1.82, 2.24) is 4.98 Å². The lowest BCUT2D eigenvalue weighted by molar-refractivity contribution is -0.153. The number of isocyanates is 1. The molecule has 0 unspecified atom stereocenters. The summed E-state index contributed by atoms with van der Waals surface area (Å²) in [5.74, 6) is -1.03. The first-order valence-electron chi connectivity index (χ1n) is 3.95. The predicted octanol–water partition coefficient (Wildman–Crippen LogP) is 2.34. The van der Waals surface area contributed by atoms with E-state index in [-0.39, 0.29) is 5.89 Å². The number of alkyl halides is 3. The molecule has 1 aromatic heterocycles. The van der Waals surface area contributed by atoms with Crippen molar-refractivity contribution < 1.29 is 22.4 Å². The highest BCUT2D eigenvalue weighted by Gasteiger charge is 2.35. The third-order valence-corrected chi connectivity index (χ3v) is 1.12. The number of aliphatic imine (C=N–C) groups is 1. The van der Waals surface area contributed by atoms with Gasteiger partial charge in [-0.05, 0) is 6.92 Å². The first kappa shape index (κ1) is 13.4. The number of hydrogen-bond acceptors (Lipinski definition) is 4. The smallest absolute Gasteiger partial charge is 0.436 e. The Morgan fingerprint density at radius 2 is 2.20 bits per heavy atom. The van der Waals surface area contributed by atoms with E-state index >= 15 is 0 Å². The van der Waals surface area contributed by atoms with Crippen LogP contribution in [0.2, 0.25) is 0 Å². The van der Waals surface area contributed by atoms with E-state index in [1.165, 1.54) is 13.0 Å². The zero-order chi connectivity index (χ0) is 11.9. The molecule has 0 amide bonds. The average Bonchev–Trinajstić information content (AvgIpc) is 2.53. The van der Waals surface area contributed by atoms with Crippen LogP contribution in [0, 0.1) is 6.92 Å². The van der Waals surface area contributed by atoms with Crippen molar-refractivity contribution in [3.63, 3.8) is 0 Å². The number of halogens is 3. The summed E-state index contributed by atoms with van der Waals surface area (Å²) in [5.41, 5.74) is 0. The van der Waals surface area contributed by atoms with Gasteiger partial charge >= 0.3 is 6.18 Å². The van der Waals surface area contributed by atoms with Crippen LogP contribution in [0.3, 0.4) is 0 Å². The van der Waals surface area contributed by atoms with Gasteiger partial charge in [-0.15, -0.1) is 0 Å². The largest absolute Gasteiger partial charge is 0.451 e. The van der Waals surface area contributed by atoms with E-state index < -0.39 is 11.9 Å². The molecule has 84 valence electrons. The first-order valence-corrected chi connectivity index (χ1v) is 3.95. The summed E-state index contributed by atoms with van der Waals surface area (Å²) in [7, 11) is 0. The van der Waals surface area contributed by atoms with Gasteiger partial charge in [-0.2, -0.15) is 13.2 Å². The van der Waals surface area contributed by atoms with Gasteiger partial charge in [0.15, 0.2) is 5.89 Å². The van der Waals surface area contributed by atoms with E-state index in [4.69, 9.17) is 4.79 Å². The highest BCUT2D eigenvalue weighted by Crippen LogP contribution is 2.29. The fourth-order valence-corrected chi connectivity index (χ4v) is 0.557. The van der Waals surface area contributed by atoms with Gasteiger partial charge in [-0.1, -0.05) is 0 Å². The van der Waals surface area contributed by atoms with Crippen molar-refractivity contribution in [2.45, 2.75) is 20.0 Å². The van der Waals surface area contributed by atoms with Gasteiger partial charge in [-0.3, -0.25) is 0 Å². The van der Waals surface area contributed by atoms with E-state index in [0.717, 1.165) is 0 Å². The zero-order valence-electron chi connectivity index (χ0n) is 8.13. The van der Waals surface area contributed by atoms with Crippen molar-refractivity contribution in [3.05, 3.63) is 17.8 Å². The molecule has 4 nitrogen and oxygen atoms in total. The minimum absolute atomic E-state index is 0.0207. The minimum atomic E-state index is -4.42. The number of nitrogens with zero attached hydrogens (tertiary/aromatic N) is 2. The normalized spacial score (nSPS) is 9.93. The molecule has 0 fully saturated rings. The summed E-state index contributed by atoms with van der Waals surface area (Å²) in [5, 5.41) is 0. The lowest BCUT2D eigenvalue weighted by Crippen LogP contribution is -2.01. The molecule has 0 N–H and O–H groups in total. The highest BCUT2D eigenvalue weighted by atomic mass is 19.4. The summed E-state index contributed by atoms with van der Waals surface area (Å²) in [6.45, 7) is 3.68. The third kappa shape index (κ3) is 5.64. The quantitative estimate of drug-likeness (QED) is 0.541. The molecule has 0 aromatic carbocycles. The Morgan fingerprint density at radius 1 is 1.60 bits per heavy atom. The second kappa shape index (κ2) is 5.98. The van der Waals surface area contributed by atoms with E-state index in [1.54, 1.807) is 6.92 Å². The maximum absolute atomic E-state index is 11.7. The van der Waals surface area contributed by atoms with Crippen LogP contribution in [-0.4, -0.2) is 17.6 Å². The molecule has 1 rings (SSSR count). The van der Waals surface area contributed by atoms with Crippen molar-refractivity contribution >= 4 is 6.08 Å². The summed E-state index contributed by atoms with van der Waals surface area (Å²) in [6.07, 6.45) is -2.36. The molecular formula is C8H9F3N2O2. The van der Waals surface area contributed by atoms with E-state index in [2.05, 4.69) is 14.4 Å². The highest BCUT2D eigenvalue weighted by molar-refractivity contribution is 5.32. The van der Waals surface area contributed by atoms with Crippen molar-refractivity contribution in [1.29, 1.82) is 0 Å². The van der Waals surface area contributed by atoms with Gasteiger partial charge < -0.3 is 4.42 Å². The summed E-state index contributed by atoms with van der Waals surface area (Å²) < 4.78 is 39.2. The number of hydrogen-bond donors (Lipinski definition) is 0. The molecule has 0 aliphatic carbocycles. The Morgan fingerprint density at radius 3 is 2.33 bits per heavy atom. The molecule has 7 heteroatoms. The fraction of sp³-hybridized carbons (Fsp3) is 0.500. The lowest BCUT2D eigenvalue weighted by atomic mass is 10.5. The SMILES string of the molecule is CCN=C=O.Cc1ncc(C(F)(F)F)o1. The minimum Gasteiger partial charge on any atom is -0.436 e. The number of carbonyl (C=O) groups excluding carboxylic acids is 1. The molecule has 0 radical (unpaired) electrons. The van der Waals surface area contributed by atoms with Gasteiger partial charge in [0.05, 0.1) is 6.20 Å². The van der Waals surface area contributed by atoms with Gasteiger partial charge in [0, 0.05) is 13.5 Å². The lowest BCUT2D eigenvalue weighted by Gasteiger charge is -1.98. The van der Waals surface area contributed by atoms with Crippen molar-refractivity contribution in [2.75, 3.05) is 6.54 Å². The molecule has 1 heterocycles. The standard InChI is InChI=1S/C5H4F3NO.C3H5NO/c1-3-9-2-4(10-3)5(6,7)8;1-2-4-3-5/h2H,1H3;2H2,1H3. The number of rotatable bonds is 1. The van der Waals surface area contributed by atoms with Gasteiger partial charge in [0.1, 0.15) is 0 Å². The Hall–Kier alpha value is -1.62. The van der Waals surface area contributed by atoms with Gasteiger partial charge in [0.25, 0.3) is 0 Å². The molecule has 15 heavy (non-hydrogen) atoms. The zero-order valence-corrected chi connectivity index (χ0v) is 8.13. The molecule has 1 aromatic rings. The number of aromatic nitrogens is 1. The van der Waals surface area contributed by atoms with Gasteiger partial charge in [-0.25, -0.2) is 14.8 Å². The van der Waals surface area contributed by atoms with Gasteiger partial charge in [0.2, 0.25) is 11.8 Å². The maximum Gasteiger partial charge on any atom is 0.451 e. The van der Waals surface area contributed by atoms with Crippen LogP contribution in [0.1, 0.15) is 18.6 Å². The van der Waals surface area contributed by atoms with Crippen molar-refractivity contribution in [3.8, 4) is 0 Å². The van der Waals surface area contributed by atoms with Crippen LogP contribution in [0.5, 0.6) is 0 Å². The molecule has 0 aliphatic rings. The molecular weight excluding hydrogens is 213 g/mol. The van der Waals surface area contributed by atoms with Crippen LogP contribution in [0.4, 0.5) is 13.2 Å². The molecule has 0 saturated heterocycles. The Balaban J connectivity index is 0.000000336. The number of oxazole rings is 1. The molecule has 0 spiro atoms. The topological polar surface area (TPSA) is 55.5 Å².